The summed E-state index contributed by atoms with van der Waals surface area (Å²) < 4.78 is 6.74. The first-order valence-corrected chi connectivity index (χ1v) is 9.44. The number of halogens is 2. The number of carbonyl (C=O) groups excluding carboxylic acids is 1. The number of hydrogen-bond donors (Lipinski definition) is 1. The maximum atomic E-state index is 12.2. The molecule has 1 aliphatic rings. The van der Waals surface area contributed by atoms with Crippen LogP contribution >= 0.6 is 23.2 Å². The summed E-state index contributed by atoms with van der Waals surface area (Å²) in [5.74, 6) is 0.0483. The smallest absolute Gasteiger partial charge is 0.347 e. The van der Waals surface area contributed by atoms with Crippen molar-refractivity contribution in [2.45, 2.75) is 0 Å². The van der Waals surface area contributed by atoms with Crippen molar-refractivity contribution in [2.75, 3.05) is 5.01 Å². The number of nitriles is 1. The van der Waals surface area contributed by atoms with Gasteiger partial charge < -0.3 is 10.1 Å². The summed E-state index contributed by atoms with van der Waals surface area (Å²) in [5, 5.41) is 20.6. The summed E-state index contributed by atoms with van der Waals surface area (Å²) >= 11 is 12.6. The SMILES string of the molecule is C=C1NC(=O)N(c2cc(Cl)c(Oc3ccc(=O)n(-c4cncnc4)n3)c(Cl)c2)N=C1C#N. The Kier molecular flexibility index (Phi) is 5.55. The minimum atomic E-state index is -0.645. The van der Waals surface area contributed by atoms with Crippen molar-refractivity contribution < 1.29 is 9.53 Å². The molecule has 1 N–H and O–H groups in total. The third-order valence-corrected chi connectivity index (χ3v) is 4.61. The van der Waals surface area contributed by atoms with E-state index < -0.39 is 11.6 Å². The molecule has 0 unspecified atom stereocenters. The van der Waals surface area contributed by atoms with Crippen molar-refractivity contribution in [2.24, 2.45) is 5.10 Å². The minimum Gasteiger partial charge on any atom is -0.434 e. The van der Waals surface area contributed by atoms with Gasteiger partial charge in [0.15, 0.2) is 11.5 Å². The van der Waals surface area contributed by atoms with Gasteiger partial charge in [-0.2, -0.15) is 20.1 Å². The number of aromatic nitrogens is 4. The molecule has 0 bridgehead atoms. The number of rotatable bonds is 4. The van der Waals surface area contributed by atoms with E-state index in [1.807, 2.05) is 6.07 Å². The number of carbonyl (C=O) groups is 1. The van der Waals surface area contributed by atoms with Crippen LogP contribution in [-0.2, 0) is 0 Å². The monoisotopic (exact) mass is 468 g/mol. The molecular formula is C19H10Cl2N8O3. The number of hydrogen-bond acceptors (Lipinski definition) is 8. The fourth-order valence-corrected chi connectivity index (χ4v) is 3.17. The quantitative estimate of drug-likeness (QED) is 0.620. The Morgan fingerprint density at radius 1 is 1.09 bits per heavy atom. The molecule has 0 saturated carbocycles. The summed E-state index contributed by atoms with van der Waals surface area (Å²) in [5.41, 5.74) is 0.0943. The second-order valence-corrected chi connectivity index (χ2v) is 6.95. The zero-order chi connectivity index (χ0) is 22.8. The first kappa shape index (κ1) is 21.0. The van der Waals surface area contributed by atoms with Crippen molar-refractivity contribution in [3.05, 3.63) is 75.7 Å². The van der Waals surface area contributed by atoms with Crippen LogP contribution in [0.2, 0.25) is 10.0 Å². The predicted molar refractivity (Wildman–Crippen MR) is 115 cm³/mol. The van der Waals surface area contributed by atoms with Crippen LogP contribution in [0.15, 0.2) is 65.2 Å². The second kappa shape index (κ2) is 8.46. The van der Waals surface area contributed by atoms with Gasteiger partial charge in [0, 0.05) is 12.1 Å². The van der Waals surface area contributed by atoms with Crippen molar-refractivity contribution in [1.82, 2.24) is 25.1 Å². The fourth-order valence-electron chi connectivity index (χ4n) is 2.62. The molecule has 0 atom stereocenters. The lowest BCUT2D eigenvalue weighted by Gasteiger charge is -2.24. The van der Waals surface area contributed by atoms with Crippen LogP contribution in [0.3, 0.4) is 0 Å². The zero-order valence-corrected chi connectivity index (χ0v) is 17.4. The van der Waals surface area contributed by atoms with E-state index in [9.17, 15) is 9.59 Å². The van der Waals surface area contributed by atoms with Crippen molar-refractivity contribution in [1.29, 1.82) is 5.26 Å². The van der Waals surface area contributed by atoms with Gasteiger partial charge in [-0.3, -0.25) is 4.79 Å². The number of hydrazone groups is 1. The highest BCUT2D eigenvalue weighted by atomic mass is 35.5. The van der Waals surface area contributed by atoms with E-state index in [0.29, 0.717) is 5.69 Å². The molecule has 158 valence electrons. The van der Waals surface area contributed by atoms with E-state index in [1.165, 1.54) is 43.0 Å². The van der Waals surface area contributed by atoms with E-state index in [4.69, 9.17) is 33.2 Å². The number of nitrogens with zero attached hydrogens (tertiary/aromatic N) is 7. The van der Waals surface area contributed by atoms with Crippen LogP contribution in [0.5, 0.6) is 11.6 Å². The molecule has 13 heteroatoms. The Morgan fingerprint density at radius 2 is 1.78 bits per heavy atom. The molecule has 4 rings (SSSR count). The number of allylic oxidation sites excluding steroid dienone is 1. The molecule has 1 aromatic carbocycles. The standard InChI is InChI=1S/C19H10Cl2N8O3/c1-10-15(6-22)26-29(19(31)25-10)11-4-13(20)18(14(21)5-11)32-16-2-3-17(30)28(27-16)12-7-23-9-24-8-12/h2-5,7-9H,1H2,(H,25,31). The maximum absolute atomic E-state index is 12.2. The highest BCUT2D eigenvalue weighted by Crippen LogP contribution is 2.39. The summed E-state index contributed by atoms with van der Waals surface area (Å²) in [6.45, 7) is 3.55. The third-order valence-electron chi connectivity index (χ3n) is 4.04. The first-order valence-electron chi connectivity index (χ1n) is 8.69. The average molecular weight is 469 g/mol. The molecule has 1 aliphatic heterocycles. The Labute approximate surface area is 189 Å². The van der Waals surface area contributed by atoms with Crippen LogP contribution in [-0.4, -0.2) is 31.5 Å². The number of anilines is 1. The number of nitrogens with one attached hydrogen (secondary N) is 1. The lowest BCUT2D eigenvalue weighted by Crippen LogP contribution is -2.42. The summed E-state index contributed by atoms with van der Waals surface area (Å²) in [6.07, 6.45) is 4.14. The molecule has 2 amide bonds. The average Bonchev–Trinajstić information content (AvgIpc) is 2.78. The third kappa shape index (κ3) is 4.00. The van der Waals surface area contributed by atoms with Crippen LogP contribution in [0.1, 0.15) is 0 Å². The summed E-state index contributed by atoms with van der Waals surface area (Å²) in [4.78, 5) is 32.1. The molecule has 3 aromatic rings. The van der Waals surface area contributed by atoms with Crippen molar-refractivity contribution in [3.63, 3.8) is 0 Å². The number of amides is 2. The molecule has 0 aliphatic carbocycles. The molecule has 0 saturated heterocycles. The molecular weight excluding hydrogens is 459 g/mol. The normalized spacial score (nSPS) is 13.3. The highest BCUT2D eigenvalue weighted by molar-refractivity contribution is 6.37. The number of benzene rings is 1. The van der Waals surface area contributed by atoms with Crippen molar-refractivity contribution >= 4 is 40.6 Å². The van der Waals surface area contributed by atoms with E-state index in [0.717, 1.165) is 9.69 Å². The number of urea groups is 1. The lowest BCUT2D eigenvalue weighted by atomic mass is 10.2. The van der Waals surface area contributed by atoms with E-state index >= 15 is 0 Å². The summed E-state index contributed by atoms with van der Waals surface area (Å²) in [6, 6.07) is 6.51. The van der Waals surface area contributed by atoms with Crippen LogP contribution in [0.25, 0.3) is 5.69 Å². The molecule has 3 heterocycles. The Bertz CT molecular complexity index is 1360. The van der Waals surface area contributed by atoms with Gasteiger partial charge in [0.05, 0.1) is 33.8 Å². The Balaban J connectivity index is 1.68. The Morgan fingerprint density at radius 3 is 2.44 bits per heavy atom. The number of ether oxygens (including phenoxy) is 1. The highest BCUT2D eigenvalue weighted by Gasteiger charge is 2.26. The van der Waals surface area contributed by atoms with E-state index in [1.54, 1.807) is 0 Å². The lowest BCUT2D eigenvalue weighted by molar-refractivity contribution is 0.248. The summed E-state index contributed by atoms with van der Waals surface area (Å²) in [7, 11) is 0. The fraction of sp³-hybridized carbons (Fsp3) is 0. The van der Waals surface area contributed by atoms with Gasteiger partial charge in [-0.15, -0.1) is 5.10 Å². The molecule has 2 aromatic heterocycles. The second-order valence-electron chi connectivity index (χ2n) is 6.14. The van der Waals surface area contributed by atoms with Crippen LogP contribution < -0.4 is 20.6 Å². The first-order chi connectivity index (χ1) is 15.4. The van der Waals surface area contributed by atoms with Crippen LogP contribution in [0.4, 0.5) is 10.5 Å². The molecule has 32 heavy (non-hydrogen) atoms. The maximum Gasteiger partial charge on any atom is 0.347 e. The molecule has 0 spiro atoms. The van der Waals surface area contributed by atoms with Gasteiger partial charge >= 0.3 is 6.03 Å². The molecule has 0 fully saturated rings. The van der Waals surface area contributed by atoms with Gasteiger partial charge in [-0.1, -0.05) is 29.8 Å². The topological polar surface area (TPSA) is 138 Å². The molecule has 0 radical (unpaired) electrons. The van der Waals surface area contributed by atoms with Gasteiger partial charge in [0.2, 0.25) is 5.88 Å². The largest absolute Gasteiger partial charge is 0.434 e. The zero-order valence-electron chi connectivity index (χ0n) is 15.9. The van der Waals surface area contributed by atoms with Gasteiger partial charge in [-0.25, -0.2) is 14.8 Å². The predicted octanol–water partition coefficient (Wildman–Crippen LogP) is 3.04. The van der Waals surface area contributed by atoms with E-state index in [2.05, 4.69) is 32.1 Å². The van der Waals surface area contributed by atoms with Gasteiger partial charge in [0.1, 0.15) is 18.1 Å². The van der Waals surface area contributed by atoms with Crippen LogP contribution in [0, 0.1) is 11.3 Å². The minimum absolute atomic E-state index is 0.0156. The van der Waals surface area contributed by atoms with Gasteiger partial charge in [0.25, 0.3) is 5.56 Å². The molecule has 11 nitrogen and oxygen atoms in total. The van der Waals surface area contributed by atoms with Crippen molar-refractivity contribution in [3.8, 4) is 23.4 Å². The Hall–Kier alpha value is -4.27. The van der Waals surface area contributed by atoms with Gasteiger partial charge in [-0.05, 0) is 12.1 Å². The van der Waals surface area contributed by atoms with E-state index in [-0.39, 0.29) is 38.8 Å².